The summed E-state index contributed by atoms with van der Waals surface area (Å²) in [7, 11) is 0. The molecular weight excluding hydrogens is 249 g/mol. The number of nitrogens with one attached hydrogen (secondary N) is 1. The molecule has 2 rings (SSSR count). The lowest BCUT2D eigenvalue weighted by molar-refractivity contribution is 0.550. The first-order valence-corrected chi connectivity index (χ1v) is 7.90. The maximum atomic E-state index is 13.3. The number of allylic oxidation sites excluding steroid dienone is 1. The highest BCUT2D eigenvalue weighted by atomic mass is 19.1. The molecule has 0 amide bonds. The molecular formula is C18H26FN. The third-order valence-corrected chi connectivity index (χ3v) is 4.15. The van der Waals surface area contributed by atoms with Crippen LogP contribution in [0.1, 0.15) is 62.6 Å². The van der Waals surface area contributed by atoms with Gasteiger partial charge in [0.2, 0.25) is 0 Å². The second-order valence-corrected chi connectivity index (χ2v) is 5.72. The Morgan fingerprint density at radius 2 is 2.00 bits per heavy atom. The number of hydrogen-bond acceptors (Lipinski definition) is 1. The van der Waals surface area contributed by atoms with E-state index in [4.69, 9.17) is 0 Å². The van der Waals surface area contributed by atoms with Crippen molar-refractivity contribution in [3.8, 4) is 0 Å². The van der Waals surface area contributed by atoms with E-state index in [-0.39, 0.29) is 11.9 Å². The highest BCUT2D eigenvalue weighted by Gasteiger charge is 2.18. The van der Waals surface area contributed by atoms with E-state index >= 15 is 0 Å². The third kappa shape index (κ3) is 3.92. The van der Waals surface area contributed by atoms with Crippen molar-refractivity contribution in [2.75, 3.05) is 6.54 Å². The highest BCUT2D eigenvalue weighted by molar-refractivity contribution is 5.35. The summed E-state index contributed by atoms with van der Waals surface area (Å²) >= 11 is 0. The van der Waals surface area contributed by atoms with Crippen LogP contribution in [-0.4, -0.2) is 6.54 Å². The Balaban J connectivity index is 2.29. The van der Waals surface area contributed by atoms with Gasteiger partial charge >= 0.3 is 0 Å². The van der Waals surface area contributed by atoms with E-state index < -0.39 is 0 Å². The number of benzene rings is 1. The van der Waals surface area contributed by atoms with E-state index in [0.29, 0.717) is 0 Å². The molecule has 1 N–H and O–H groups in total. The number of halogens is 1. The average molecular weight is 275 g/mol. The molecule has 0 saturated heterocycles. The minimum Gasteiger partial charge on any atom is -0.307 e. The first kappa shape index (κ1) is 15.2. The number of hydrogen-bond donors (Lipinski definition) is 1. The van der Waals surface area contributed by atoms with Crippen molar-refractivity contribution in [1.82, 2.24) is 5.32 Å². The van der Waals surface area contributed by atoms with Gasteiger partial charge in [0.05, 0.1) is 6.04 Å². The molecule has 1 aliphatic rings. The van der Waals surface area contributed by atoms with Crippen LogP contribution in [0.15, 0.2) is 29.8 Å². The summed E-state index contributed by atoms with van der Waals surface area (Å²) in [6.45, 7) is 5.07. The second-order valence-electron chi connectivity index (χ2n) is 5.72. The summed E-state index contributed by atoms with van der Waals surface area (Å²) in [6.07, 6.45) is 10.0. The Hall–Kier alpha value is -1.15. The third-order valence-electron chi connectivity index (χ3n) is 4.15. The monoisotopic (exact) mass is 275 g/mol. The molecule has 110 valence electrons. The molecule has 1 aliphatic carbocycles. The van der Waals surface area contributed by atoms with Gasteiger partial charge in [0.15, 0.2) is 0 Å². The Bertz CT molecular complexity index is 464. The van der Waals surface area contributed by atoms with Gasteiger partial charge in [-0.15, -0.1) is 0 Å². The highest BCUT2D eigenvalue weighted by Crippen LogP contribution is 2.30. The standard InChI is InChI=1S/C18H26FN/c1-3-20-18(15-9-7-5-4-6-8-10-15)17-12-11-16(19)13-14(17)2/h9,11-13,18,20H,3-8,10H2,1-2H3/b15-9+. The molecule has 1 aromatic carbocycles. The largest absolute Gasteiger partial charge is 0.307 e. The molecule has 0 saturated carbocycles. The van der Waals surface area contributed by atoms with Crippen LogP contribution >= 0.6 is 0 Å². The molecule has 0 aromatic heterocycles. The van der Waals surface area contributed by atoms with E-state index in [0.717, 1.165) is 18.5 Å². The molecule has 0 heterocycles. The van der Waals surface area contributed by atoms with Crippen molar-refractivity contribution >= 4 is 0 Å². The molecule has 0 aliphatic heterocycles. The van der Waals surface area contributed by atoms with E-state index in [1.54, 1.807) is 12.1 Å². The zero-order valence-corrected chi connectivity index (χ0v) is 12.7. The summed E-state index contributed by atoms with van der Waals surface area (Å²) in [4.78, 5) is 0. The van der Waals surface area contributed by atoms with Crippen molar-refractivity contribution in [2.24, 2.45) is 0 Å². The molecule has 1 aromatic rings. The van der Waals surface area contributed by atoms with E-state index in [1.807, 2.05) is 13.0 Å². The predicted molar refractivity (Wildman–Crippen MR) is 83.3 cm³/mol. The molecule has 0 radical (unpaired) electrons. The number of likely N-dealkylation sites (N-methyl/N-ethyl adjacent to an activating group) is 1. The van der Waals surface area contributed by atoms with E-state index in [2.05, 4.69) is 18.3 Å². The Morgan fingerprint density at radius 3 is 2.75 bits per heavy atom. The van der Waals surface area contributed by atoms with Gasteiger partial charge in [0, 0.05) is 0 Å². The fourth-order valence-electron chi connectivity index (χ4n) is 3.09. The van der Waals surface area contributed by atoms with Crippen molar-refractivity contribution in [1.29, 1.82) is 0 Å². The first-order valence-electron chi connectivity index (χ1n) is 7.90. The van der Waals surface area contributed by atoms with Crippen LogP contribution < -0.4 is 5.32 Å². The molecule has 20 heavy (non-hydrogen) atoms. The summed E-state index contributed by atoms with van der Waals surface area (Å²) in [5.74, 6) is -0.145. The van der Waals surface area contributed by atoms with Gasteiger partial charge in [0.1, 0.15) is 5.82 Å². The lowest BCUT2D eigenvalue weighted by Gasteiger charge is -2.25. The van der Waals surface area contributed by atoms with Crippen LogP contribution in [0.4, 0.5) is 4.39 Å². The van der Waals surface area contributed by atoms with Gasteiger partial charge in [-0.3, -0.25) is 0 Å². The number of aryl methyl sites for hydroxylation is 1. The van der Waals surface area contributed by atoms with E-state index in [9.17, 15) is 4.39 Å². The fraction of sp³-hybridized carbons (Fsp3) is 0.556. The normalized spacial score (nSPS) is 20.6. The predicted octanol–water partition coefficient (Wildman–Crippen LogP) is 5.07. The summed E-state index contributed by atoms with van der Waals surface area (Å²) in [5.41, 5.74) is 3.75. The molecule has 2 heteroatoms. The van der Waals surface area contributed by atoms with Crippen LogP contribution in [0, 0.1) is 12.7 Å². The Labute approximate surface area is 122 Å². The van der Waals surface area contributed by atoms with Crippen molar-refractivity contribution in [3.05, 3.63) is 46.8 Å². The molecule has 0 fully saturated rings. The summed E-state index contributed by atoms with van der Waals surface area (Å²) in [6, 6.07) is 5.41. The minimum absolute atomic E-state index is 0.145. The topological polar surface area (TPSA) is 12.0 Å². The van der Waals surface area contributed by atoms with Crippen LogP contribution in [0.2, 0.25) is 0 Å². The number of rotatable bonds is 4. The SMILES string of the molecule is CCNC(/C1=C/CCCCCC1)c1ccc(F)cc1C. The maximum Gasteiger partial charge on any atom is 0.123 e. The van der Waals surface area contributed by atoms with Gasteiger partial charge in [0.25, 0.3) is 0 Å². The van der Waals surface area contributed by atoms with Gasteiger partial charge < -0.3 is 5.32 Å². The van der Waals surface area contributed by atoms with Gasteiger partial charge in [-0.05, 0) is 62.4 Å². The average Bonchev–Trinajstić information content (AvgIpc) is 2.37. The fourth-order valence-corrected chi connectivity index (χ4v) is 3.09. The maximum absolute atomic E-state index is 13.3. The first-order chi connectivity index (χ1) is 9.72. The second kappa shape index (κ2) is 7.58. The molecule has 1 atom stereocenters. The zero-order valence-electron chi connectivity index (χ0n) is 12.7. The van der Waals surface area contributed by atoms with Crippen molar-refractivity contribution in [2.45, 2.75) is 58.4 Å². The lowest BCUT2D eigenvalue weighted by atomic mass is 9.89. The Morgan fingerprint density at radius 1 is 1.20 bits per heavy atom. The van der Waals surface area contributed by atoms with Gasteiger partial charge in [-0.2, -0.15) is 0 Å². The van der Waals surface area contributed by atoms with E-state index in [1.165, 1.54) is 43.2 Å². The van der Waals surface area contributed by atoms with Gasteiger partial charge in [-0.25, -0.2) is 4.39 Å². The zero-order chi connectivity index (χ0) is 14.4. The molecule has 1 nitrogen and oxygen atoms in total. The van der Waals surface area contributed by atoms with Gasteiger partial charge in [-0.1, -0.05) is 37.5 Å². The van der Waals surface area contributed by atoms with Crippen LogP contribution in [0.5, 0.6) is 0 Å². The van der Waals surface area contributed by atoms with Crippen LogP contribution in [0.25, 0.3) is 0 Å². The van der Waals surface area contributed by atoms with Crippen molar-refractivity contribution < 1.29 is 4.39 Å². The lowest BCUT2D eigenvalue weighted by Crippen LogP contribution is -2.24. The van der Waals surface area contributed by atoms with Crippen LogP contribution in [-0.2, 0) is 0 Å². The molecule has 1 unspecified atom stereocenters. The van der Waals surface area contributed by atoms with Crippen LogP contribution in [0.3, 0.4) is 0 Å². The quantitative estimate of drug-likeness (QED) is 0.757. The molecule has 0 spiro atoms. The molecule has 0 bridgehead atoms. The van der Waals surface area contributed by atoms with Crippen molar-refractivity contribution in [3.63, 3.8) is 0 Å². The Kier molecular flexibility index (Phi) is 5.78. The minimum atomic E-state index is -0.145. The smallest absolute Gasteiger partial charge is 0.123 e. The summed E-state index contributed by atoms with van der Waals surface area (Å²) in [5, 5.41) is 3.59. The summed E-state index contributed by atoms with van der Waals surface area (Å²) < 4.78 is 13.3.